The average molecular weight is 369 g/mol. The van der Waals surface area contributed by atoms with Gasteiger partial charge in [-0.1, -0.05) is 23.2 Å². The monoisotopic (exact) mass is 368 g/mol. The van der Waals surface area contributed by atoms with Crippen molar-refractivity contribution in [3.8, 4) is 0 Å². The van der Waals surface area contributed by atoms with Crippen LogP contribution in [-0.4, -0.2) is 45.1 Å². The Bertz CT molecular complexity index is 706. The van der Waals surface area contributed by atoms with E-state index in [1.807, 2.05) is 4.90 Å². The minimum absolute atomic E-state index is 0.125. The molecular weight excluding hydrogens is 351 g/mol. The van der Waals surface area contributed by atoms with Crippen molar-refractivity contribution in [2.75, 3.05) is 23.7 Å². The molecule has 0 spiro atoms. The zero-order chi connectivity index (χ0) is 17.1. The topological polar surface area (TPSA) is 85.9 Å². The average Bonchev–Trinajstić information content (AvgIpc) is 2.93. The Balaban J connectivity index is 1.57. The molecule has 24 heavy (non-hydrogen) atoms. The molecule has 3 N–H and O–H groups in total. The molecule has 1 aromatic heterocycles. The van der Waals surface area contributed by atoms with Crippen molar-refractivity contribution in [2.45, 2.75) is 25.8 Å². The molecule has 2 heterocycles. The van der Waals surface area contributed by atoms with Gasteiger partial charge in [0.1, 0.15) is 0 Å². The Hall–Kier alpha value is -1.99. The van der Waals surface area contributed by atoms with E-state index >= 15 is 0 Å². The van der Waals surface area contributed by atoms with Crippen LogP contribution in [0.25, 0.3) is 0 Å². The van der Waals surface area contributed by atoms with Crippen molar-refractivity contribution in [1.29, 1.82) is 0 Å². The first-order chi connectivity index (χ1) is 11.5. The van der Waals surface area contributed by atoms with Gasteiger partial charge in [0.15, 0.2) is 0 Å². The number of anilines is 3. The van der Waals surface area contributed by atoms with Crippen LogP contribution in [0, 0.1) is 0 Å². The minimum atomic E-state index is 0.125. The number of nitrogens with one attached hydrogen (secondary N) is 3. The number of carbonyl (C=O) groups is 1. The van der Waals surface area contributed by atoms with Crippen molar-refractivity contribution >= 4 is 46.7 Å². The number of likely N-dealkylation sites (tertiary alicyclic amines) is 1. The van der Waals surface area contributed by atoms with E-state index in [1.165, 1.54) is 0 Å². The van der Waals surface area contributed by atoms with E-state index in [-0.39, 0.29) is 11.9 Å². The van der Waals surface area contributed by atoms with Gasteiger partial charge in [0, 0.05) is 41.8 Å². The van der Waals surface area contributed by atoms with Crippen LogP contribution >= 0.6 is 23.2 Å². The molecule has 1 fully saturated rings. The first-order valence-corrected chi connectivity index (χ1v) is 8.43. The Labute approximate surface area is 149 Å². The van der Waals surface area contributed by atoms with Gasteiger partial charge in [-0.05, 0) is 31.0 Å². The molecule has 0 radical (unpaired) electrons. The second-order valence-corrected chi connectivity index (χ2v) is 6.59. The van der Waals surface area contributed by atoms with E-state index in [2.05, 4.69) is 25.8 Å². The van der Waals surface area contributed by atoms with Crippen LogP contribution in [0.2, 0.25) is 10.0 Å². The predicted octanol–water partition coefficient (Wildman–Crippen LogP) is 3.28. The lowest BCUT2D eigenvalue weighted by molar-refractivity contribution is -0.129. The van der Waals surface area contributed by atoms with Gasteiger partial charge in [-0.2, -0.15) is 4.98 Å². The maximum absolute atomic E-state index is 11.3. The van der Waals surface area contributed by atoms with Gasteiger partial charge >= 0.3 is 0 Å². The molecule has 0 bridgehead atoms. The maximum atomic E-state index is 11.3. The number of piperidine rings is 1. The van der Waals surface area contributed by atoms with Crippen LogP contribution in [0.3, 0.4) is 0 Å². The van der Waals surface area contributed by atoms with Gasteiger partial charge in [0.25, 0.3) is 0 Å². The van der Waals surface area contributed by atoms with Gasteiger partial charge in [-0.25, -0.2) is 5.10 Å². The highest BCUT2D eigenvalue weighted by Gasteiger charge is 2.21. The summed E-state index contributed by atoms with van der Waals surface area (Å²) in [4.78, 5) is 17.6. The molecule has 0 aliphatic carbocycles. The molecule has 1 aromatic carbocycles. The fourth-order valence-corrected chi connectivity index (χ4v) is 3.20. The van der Waals surface area contributed by atoms with Gasteiger partial charge in [-0.3, -0.25) is 4.79 Å². The largest absolute Gasteiger partial charge is 0.352 e. The van der Waals surface area contributed by atoms with E-state index in [1.54, 1.807) is 25.1 Å². The summed E-state index contributed by atoms with van der Waals surface area (Å²) in [5, 5.41) is 14.4. The van der Waals surface area contributed by atoms with Crippen LogP contribution in [-0.2, 0) is 4.79 Å². The highest BCUT2D eigenvalue weighted by molar-refractivity contribution is 6.35. The molecule has 0 atom stereocenters. The summed E-state index contributed by atoms with van der Waals surface area (Å²) >= 11 is 11.9. The molecule has 1 aliphatic rings. The molecule has 7 nitrogen and oxygen atoms in total. The normalized spacial score (nSPS) is 15.4. The number of benzene rings is 1. The van der Waals surface area contributed by atoms with E-state index in [0.29, 0.717) is 27.6 Å². The van der Waals surface area contributed by atoms with Crippen molar-refractivity contribution in [3.63, 3.8) is 0 Å². The van der Waals surface area contributed by atoms with Crippen LogP contribution in [0.4, 0.5) is 17.6 Å². The molecule has 1 saturated heterocycles. The maximum Gasteiger partial charge on any atom is 0.248 e. The third-order valence-electron chi connectivity index (χ3n) is 3.89. The van der Waals surface area contributed by atoms with Gasteiger partial charge in [0.2, 0.25) is 17.8 Å². The minimum Gasteiger partial charge on any atom is -0.352 e. The van der Waals surface area contributed by atoms with Crippen LogP contribution in [0.15, 0.2) is 18.2 Å². The molecule has 2 aromatic rings. The lowest BCUT2D eigenvalue weighted by atomic mass is 10.1. The highest BCUT2D eigenvalue weighted by atomic mass is 35.5. The number of amides is 1. The molecule has 128 valence electrons. The van der Waals surface area contributed by atoms with Crippen LogP contribution < -0.4 is 10.6 Å². The standard InChI is InChI=1S/C15H18Cl2N6O/c1-9(24)23-4-2-12(3-5-23)18-14-20-15(22-21-14)19-13-7-10(16)6-11(17)8-13/h6-8,12H,2-5H2,1H3,(H3,18,19,20,21,22). The number of hydrogen-bond acceptors (Lipinski definition) is 5. The first kappa shape index (κ1) is 16.9. The fourth-order valence-electron chi connectivity index (χ4n) is 2.67. The van der Waals surface area contributed by atoms with Gasteiger partial charge < -0.3 is 15.5 Å². The second-order valence-electron chi connectivity index (χ2n) is 5.72. The Morgan fingerprint density at radius 3 is 2.54 bits per heavy atom. The summed E-state index contributed by atoms with van der Waals surface area (Å²) in [5.74, 6) is 1.14. The van der Waals surface area contributed by atoms with Crippen molar-refractivity contribution < 1.29 is 4.79 Å². The highest BCUT2D eigenvalue weighted by Crippen LogP contribution is 2.24. The van der Waals surface area contributed by atoms with Gasteiger partial charge in [0.05, 0.1) is 0 Å². The van der Waals surface area contributed by atoms with E-state index in [9.17, 15) is 4.79 Å². The molecule has 1 amide bonds. The SMILES string of the molecule is CC(=O)N1CCC(Nc2nc(Nc3cc(Cl)cc(Cl)c3)n[nH]2)CC1. The van der Waals surface area contributed by atoms with Crippen LogP contribution in [0.1, 0.15) is 19.8 Å². The number of hydrogen-bond donors (Lipinski definition) is 3. The fraction of sp³-hybridized carbons (Fsp3) is 0.400. The van der Waals surface area contributed by atoms with E-state index in [4.69, 9.17) is 23.2 Å². The predicted molar refractivity (Wildman–Crippen MR) is 95.0 cm³/mol. The summed E-state index contributed by atoms with van der Waals surface area (Å²) in [7, 11) is 0. The molecule has 9 heteroatoms. The Morgan fingerprint density at radius 1 is 1.25 bits per heavy atom. The lowest BCUT2D eigenvalue weighted by Gasteiger charge is -2.31. The molecule has 3 rings (SSSR count). The Morgan fingerprint density at radius 2 is 1.92 bits per heavy atom. The zero-order valence-electron chi connectivity index (χ0n) is 13.1. The second kappa shape index (κ2) is 7.27. The zero-order valence-corrected chi connectivity index (χ0v) is 14.7. The summed E-state index contributed by atoms with van der Waals surface area (Å²) < 4.78 is 0. The third kappa shape index (κ3) is 4.30. The number of aromatic amines is 1. The number of H-pyrrole nitrogens is 1. The lowest BCUT2D eigenvalue weighted by Crippen LogP contribution is -2.41. The van der Waals surface area contributed by atoms with Crippen molar-refractivity contribution in [3.05, 3.63) is 28.2 Å². The quantitative estimate of drug-likeness (QED) is 0.770. The molecule has 0 saturated carbocycles. The van der Waals surface area contributed by atoms with Crippen LogP contribution in [0.5, 0.6) is 0 Å². The number of carbonyl (C=O) groups excluding carboxylic acids is 1. The molecule has 1 aliphatic heterocycles. The Kier molecular flexibility index (Phi) is 5.11. The summed E-state index contributed by atoms with van der Waals surface area (Å²) in [6.07, 6.45) is 1.76. The smallest absolute Gasteiger partial charge is 0.248 e. The third-order valence-corrected chi connectivity index (χ3v) is 4.32. The van der Waals surface area contributed by atoms with E-state index in [0.717, 1.165) is 25.9 Å². The van der Waals surface area contributed by atoms with Gasteiger partial charge in [-0.15, -0.1) is 5.10 Å². The summed E-state index contributed by atoms with van der Waals surface area (Å²) in [6, 6.07) is 5.41. The number of aromatic nitrogens is 3. The number of nitrogens with zero attached hydrogens (tertiary/aromatic N) is 3. The summed E-state index contributed by atoms with van der Waals surface area (Å²) in [6.45, 7) is 3.12. The van der Waals surface area contributed by atoms with E-state index < -0.39 is 0 Å². The molecule has 0 unspecified atom stereocenters. The summed E-state index contributed by atoms with van der Waals surface area (Å²) in [5.41, 5.74) is 0.716. The van der Waals surface area contributed by atoms with Crippen molar-refractivity contribution in [1.82, 2.24) is 20.1 Å². The first-order valence-electron chi connectivity index (χ1n) is 7.67. The molecular formula is C15H18Cl2N6O. The number of rotatable bonds is 4. The van der Waals surface area contributed by atoms with Crippen molar-refractivity contribution in [2.24, 2.45) is 0 Å². The number of halogens is 2.